The number of aryl methyl sites for hydroxylation is 1. The highest BCUT2D eigenvalue weighted by Gasteiger charge is 2.50. The van der Waals surface area contributed by atoms with E-state index in [4.69, 9.17) is 5.41 Å². The number of carbonyl (C=O) groups excluding carboxylic acids is 1. The van der Waals surface area contributed by atoms with Gasteiger partial charge >= 0.3 is 6.18 Å². The monoisotopic (exact) mass is 542 g/mol. The van der Waals surface area contributed by atoms with Crippen LogP contribution < -0.4 is 21.6 Å². The lowest BCUT2D eigenvalue weighted by molar-refractivity contribution is -0.179. The Hall–Kier alpha value is -1.88. The number of alkyl halides is 4. The fourth-order valence-electron chi connectivity index (χ4n) is 7.36. The number of aromatic nitrogens is 2. The first-order chi connectivity index (χ1) is 18.1. The molecule has 2 aliphatic carbocycles. The van der Waals surface area contributed by atoms with Crippen LogP contribution in [0.1, 0.15) is 57.8 Å². The Balaban J connectivity index is 1.34. The van der Waals surface area contributed by atoms with Crippen molar-refractivity contribution in [3.05, 3.63) is 18.0 Å². The number of imidazole rings is 1. The van der Waals surface area contributed by atoms with E-state index in [1.807, 2.05) is 10.8 Å². The van der Waals surface area contributed by atoms with Crippen LogP contribution in [0, 0.1) is 35.0 Å². The summed E-state index contributed by atoms with van der Waals surface area (Å²) in [4.78, 5) is 13.7. The van der Waals surface area contributed by atoms with Crippen LogP contribution in [0.5, 0.6) is 0 Å². The maximum atomic E-state index is 14.0. The predicted molar refractivity (Wildman–Crippen MR) is 135 cm³/mol. The highest BCUT2D eigenvalue weighted by Crippen LogP contribution is 2.45. The van der Waals surface area contributed by atoms with Gasteiger partial charge in [0.05, 0.1) is 0 Å². The molecule has 2 aliphatic heterocycles. The van der Waals surface area contributed by atoms with Gasteiger partial charge in [0.25, 0.3) is 0 Å². The Morgan fingerprint density at radius 1 is 1.13 bits per heavy atom. The molecule has 8 atom stereocenters. The van der Waals surface area contributed by atoms with Crippen LogP contribution in [0.15, 0.2) is 12.4 Å². The summed E-state index contributed by atoms with van der Waals surface area (Å²) in [6.07, 6.45) is 4.58. The van der Waals surface area contributed by atoms with Crippen LogP contribution in [0.3, 0.4) is 0 Å². The normalized spacial score (nSPS) is 35.6. The Morgan fingerprint density at radius 3 is 2.55 bits per heavy atom. The average molecular weight is 543 g/mol. The summed E-state index contributed by atoms with van der Waals surface area (Å²) in [5.74, 6) is -0.827. The second-order valence-electron chi connectivity index (χ2n) is 12.3. The molecule has 4 aliphatic rings. The summed E-state index contributed by atoms with van der Waals surface area (Å²) in [6, 6.07) is -1.56. The first-order valence-electron chi connectivity index (χ1n) is 14.3. The number of amides is 1. The van der Waals surface area contributed by atoms with E-state index in [1.165, 1.54) is 0 Å². The van der Waals surface area contributed by atoms with Gasteiger partial charge in [0.1, 0.15) is 12.2 Å². The molecular weight excluding hydrogens is 500 g/mol. The van der Waals surface area contributed by atoms with Crippen LogP contribution in [0.4, 0.5) is 17.6 Å². The van der Waals surface area contributed by atoms with Crippen LogP contribution >= 0.6 is 0 Å². The highest BCUT2D eigenvalue weighted by molar-refractivity contribution is 5.79. The smallest absolute Gasteiger partial charge is 0.351 e. The fraction of sp³-hybridized carbons (Fsp3) is 0.852. The van der Waals surface area contributed by atoms with Crippen LogP contribution in [0.2, 0.25) is 0 Å². The molecule has 1 amide bonds. The number of nitrogens with zero attached hydrogens (tertiary/aromatic N) is 2. The standard InChI is InChI=1S/C27H42F4N6O/c1-36-9-10-37(26(36)32)15-16-11-18(21-3-2-8-33-24(21)27(29,30)31)13-19(12-16)25(38)35-23(17-4-5-17)22-7-6-20(28)14-34-22/h9-10,16-24,32-34H,2-8,11-15H2,1H3,(H,35,38)/t16?,18?,19?,20?,21?,22?,23-,24?/m0/s1. The molecule has 0 radical (unpaired) electrons. The molecule has 4 fully saturated rings. The van der Waals surface area contributed by atoms with Crippen LogP contribution in [-0.4, -0.2) is 58.6 Å². The minimum Gasteiger partial charge on any atom is -0.351 e. The van der Waals surface area contributed by atoms with E-state index in [1.54, 1.807) is 17.8 Å². The van der Waals surface area contributed by atoms with E-state index in [0.29, 0.717) is 76.1 Å². The molecule has 7 nitrogen and oxygen atoms in total. The van der Waals surface area contributed by atoms with Gasteiger partial charge in [-0.05, 0) is 88.0 Å². The van der Waals surface area contributed by atoms with Crippen LogP contribution in [-0.2, 0) is 18.4 Å². The van der Waals surface area contributed by atoms with E-state index >= 15 is 0 Å². The first kappa shape index (κ1) is 27.7. The maximum absolute atomic E-state index is 14.0. The molecule has 7 unspecified atom stereocenters. The van der Waals surface area contributed by atoms with E-state index in [0.717, 1.165) is 12.8 Å². The molecule has 1 aromatic heterocycles. The largest absolute Gasteiger partial charge is 0.404 e. The second kappa shape index (κ2) is 11.3. The molecule has 1 aromatic rings. The van der Waals surface area contributed by atoms with Gasteiger partial charge in [-0.1, -0.05) is 0 Å². The Labute approximate surface area is 221 Å². The molecule has 38 heavy (non-hydrogen) atoms. The first-order valence-corrected chi connectivity index (χ1v) is 14.3. The van der Waals surface area contributed by atoms with Gasteiger partial charge in [-0.15, -0.1) is 0 Å². The third kappa shape index (κ3) is 6.29. The maximum Gasteiger partial charge on any atom is 0.404 e. The molecular formula is C27H42F4N6O. The van der Waals surface area contributed by atoms with Gasteiger partial charge < -0.3 is 25.1 Å². The van der Waals surface area contributed by atoms with E-state index in [-0.39, 0.29) is 35.7 Å². The third-order valence-electron chi connectivity index (χ3n) is 9.47. The molecule has 0 bridgehead atoms. The zero-order valence-corrected chi connectivity index (χ0v) is 22.2. The van der Waals surface area contributed by atoms with Gasteiger partial charge in [-0.25, -0.2) is 4.39 Å². The Kier molecular flexibility index (Phi) is 8.24. The topological polar surface area (TPSA) is 86.9 Å². The number of hydrogen-bond donors (Lipinski definition) is 4. The molecule has 2 saturated carbocycles. The van der Waals surface area contributed by atoms with E-state index in [2.05, 4.69) is 16.0 Å². The highest BCUT2D eigenvalue weighted by atomic mass is 19.4. The lowest BCUT2D eigenvalue weighted by Gasteiger charge is -2.44. The van der Waals surface area contributed by atoms with Crippen molar-refractivity contribution in [2.45, 2.75) is 94.8 Å². The van der Waals surface area contributed by atoms with E-state index < -0.39 is 24.3 Å². The van der Waals surface area contributed by atoms with Crippen molar-refractivity contribution in [2.24, 2.45) is 36.6 Å². The van der Waals surface area contributed by atoms with Crippen molar-refractivity contribution >= 4 is 5.91 Å². The summed E-state index contributed by atoms with van der Waals surface area (Å²) >= 11 is 0. The van der Waals surface area contributed by atoms with Crippen molar-refractivity contribution in [1.29, 1.82) is 5.41 Å². The summed E-state index contributed by atoms with van der Waals surface area (Å²) in [7, 11) is 1.79. The molecule has 5 rings (SSSR count). The SMILES string of the molecule is Cn1ccn(CC2CC(C(=O)N[C@@H](C3CC3)C3CCC(F)CN3)CC(C3CCCNC3C(F)(F)F)C2)c1=N. The number of nitrogens with one attached hydrogen (secondary N) is 4. The number of piperidine rings is 2. The number of carbonyl (C=O) groups is 1. The summed E-state index contributed by atoms with van der Waals surface area (Å²) in [6.45, 7) is 1.18. The molecule has 0 spiro atoms. The van der Waals surface area contributed by atoms with Crippen LogP contribution in [0.25, 0.3) is 0 Å². The van der Waals surface area contributed by atoms with Gasteiger partial charge in [-0.3, -0.25) is 10.2 Å². The number of rotatable bonds is 7. The minimum atomic E-state index is -4.32. The second-order valence-corrected chi connectivity index (χ2v) is 12.3. The Morgan fingerprint density at radius 2 is 1.92 bits per heavy atom. The average Bonchev–Trinajstić information content (AvgIpc) is 3.69. The third-order valence-corrected chi connectivity index (χ3v) is 9.47. The Bertz CT molecular complexity index is 1010. The van der Waals surface area contributed by atoms with Gasteiger partial charge in [0, 0.05) is 50.5 Å². The zero-order chi connectivity index (χ0) is 27.0. The molecule has 3 heterocycles. The van der Waals surface area contributed by atoms with Crippen molar-refractivity contribution in [3.63, 3.8) is 0 Å². The summed E-state index contributed by atoms with van der Waals surface area (Å²) in [5, 5.41) is 17.6. The lowest BCUT2D eigenvalue weighted by Crippen LogP contribution is -2.57. The van der Waals surface area contributed by atoms with E-state index in [9.17, 15) is 22.4 Å². The number of hydrogen-bond acceptors (Lipinski definition) is 4. The molecule has 2 saturated heterocycles. The molecule has 4 N–H and O–H groups in total. The van der Waals surface area contributed by atoms with Crippen molar-refractivity contribution in [1.82, 2.24) is 25.1 Å². The van der Waals surface area contributed by atoms with Gasteiger partial charge in [-0.2, -0.15) is 13.2 Å². The molecule has 0 aromatic carbocycles. The van der Waals surface area contributed by atoms with Crippen molar-refractivity contribution < 1.29 is 22.4 Å². The number of halogens is 4. The predicted octanol–water partition coefficient (Wildman–Crippen LogP) is 3.25. The lowest BCUT2D eigenvalue weighted by atomic mass is 9.66. The fourth-order valence-corrected chi connectivity index (χ4v) is 7.36. The van der Waals surface area contributed by atoms with Crippen molar-refractivity contribution in [2.75, 3.05) is 13.1 Å². The quantitative estimate of drug-likeness (QED) is 0.399. The van der Waals surface area contributed by atoms with Crippen molar-refractivity contribution in [3.8, 4) is 0 Å². The van der Waals surface area contributed by atoms with Gasteiger partial charge in [0.15, 0.2) is 0 Å². The summed E-state index contributed by atoms with van der Waals surface area (Å²) in [5.41, 5.74) is 0.337. The summed E-state index contributed by atoms with van der Waals surface area (Å²) < 4.78 is 59.2. The zero-order valence-electron chi connectivity index (χ0n) is 22.2. The molecule has 11 heteroatoms. The minimum absolute atomic E-state index is 0.0105. The van der Waals surface area contributed by atoms with Gasteiger partial charge in [0.2, 0.25) is 11.5 Å². The molecule has 214 valence electrons.